The van der Waals surface area contributed by atoms with Crippen molar-refractivity contribution in [3.05, 3.63) is 50.7 Å². The summed E-state index contributed by atoms with van der Waals surface area (Å²) in [6.07, 6.45) is 1.25. The number of halogens is 3. The van der Waals surface area contributed by atoms with Crippen molar-refractivity contribution in [2.45, 2.75) is 117 Å². The number of aryl methyl sites for hydroxylation is 2. The van der Waals surface area contributed by atoms with E-state index in [4.69, 9.17) is 9.47 Å². The summed E-state index contributed by atoms with van der Waals surface area (Å²) in [5, 5.41) is 5.90. The lowest BCUT2D eigenvalue weighted by Crippen LogP contribution is -2.50. The van der Waals surface area contributed by atoms with Gasteiger partial charge in [-0.15, -0.1) is 0 Å². The van der Waals surface area contributed by atoms with Crippen molar-refractivity contribution >= 4 is 11.8 Å². The topological polar surface area (TPSA) is 106 Å². The SMILES string of the molecule is CCCCCCCn1[nH+]c(NCCCCc2cccc(OC(C)(C)C(=O)OCC)c2)c(=O)n(CCCC(F)(F)F)c1=O. The number of carbonyl (C=O) groups excluding carboxylic acids is 1. The fraction of sp³-hybridized carbons (Fsp3) is 0.667. The first-order valence-corrected chi connectivity index (χ1v) is 14.9. The predicted molar refractivity (Wildman–Crippen MR) is 155 cm³/mol. The second-order valence-electron chi connectivity index (χ2n) is 10.9. The number of nitrogens with zero attached hydrogens (tertiary/aromatic N) is 2. The Morgan fingerprint density at radius 2 is 1.71 bits per heavy atom. The standard InChI is InChI=1S/C30H45F3N4O5/c1-5-7-8-9-12-21-37-28(40)36(20-14-18-30(31,32)33)26(38)25(35-37)34-19-11-10-15-23-16-13-17-24(22-23)42-29(3,4)27(39)41-6-2/h13,16-17,22H,5-12,14-15,18-21H2,1-4H3,(H,34,35)/p+1. The number of carbonyl (C=O) groups is 1. The highest BCUT2D eigenvalue weighted by Crippen LogP contribution is 2.22. The fourth-order valence-corrected chi connectivity index (χ4v) is 4.45. The van der Waals surface area contributed by atoms with E-state index in [2.05, 4.69) is 17.3 Å². The zero-order valence-corrected chi connectivity index (χ0v) is 25.3. The highest BCUT2D eigenvalue weighted by Gasteiger charge is 2.31. The number of benzene rings is 1. The number of anilines is 1. The highest BCUT2D eigenvalue weighted by atomic mass is 19.4. The molecule has 1 heterocycles. The van der Waals surface area contributed by atoms with Gasteiger partial charge in [0.25, 0.3) is 0 Å². The lowest BCUT2D eigenvalue weighted by atomic mass is 10.1. The summed E-state index contributed by atoms with van der Waals surface area (Å²) in [7, 11) is 0. The van der Waals surface area contributed by atoms with Crippen molar-refractivity contribution in [2.75, 3.05) is 18.5 Å². The molecular formula is C30H46F3N4O5+. The van der Waals surface area contributed by atoms with Crippen LogP contribution in [0.25, 0.3) is 0 Å². The maximum Gasteiger partial charge on any atom is 0.389 e. The lowest BCUT2D eigenvalue weighted by Gasteiger charge is -2.24. The molecule has 42 heavy (non-hydrogen) atoms. The zero-order valence-electron chi connectivity index (χ0n) is 25.3. The Morgan fingerprint density at radius 1 is 0.976 bits per heavy atom. The van der Waals surface area contributed by atoms with Gasteiger partial charge in [-0.1, -0.05) is 44.7 Å². The molecule has 12 heteroatoms. The van der Waals surface area contributed by atoms with Crippen LogP contribution in [0.15, 0.2) is 33.9 Å². The molecule has 0 unspecified atom stereocenters. The molecule has 2 aromatic rings. The lowest BCUT2D eigenvalue weighted by molar-refractivity contribution is -0.487. The molecule has 0 atom stereocenters. The van der Waals surface area contributed by atoms with Crippen molar-refractivity contribution in [2.24, 2.45) is 0 Å². The highest BCUT2D eigenvalue weighted by molar-refractivity contribution is 5.79. The number of esters is 1. The minimum absolute atomic E-state index is 0.0896. The number of aromatic nitrogens is 3. The fourth-order valence-electron chi connectivity index (χ4n) is 4.45. The van der Waals surface area contributed by atoms with Gasteiger partial charge in [-0.2, -0.15) is 23.0 Å². The van der Waals surface area contributed by atoms with Crippen molar-refractivity contribution in [1.29, 1.82) is 0 Å². The Balaban J connectivity index is 2.01. The van der Waals surface area contributed by atoms with E-state index in [1.807, 2.05) is 18.2 Å². The Labute approximate surface area is 245 Å². The third kappa shape index (κ3) is 11.9. The molecule has 0 aliphatic heterocycles. The summed E-state index contributed by atoms with van der Waals surface area (Å²) in [5.74, 6) is 0.202. The third-order valence-corrected chi connectivity index (χ3v) is 6.73. The summed E-state index contributed by atoms with van der Waals surface area (Å²) < 4.78 is 51.2. The van der Waals surface area contributed by atoms with Crippen LogP contribution in [0.4, 0.5) is 19.0 Å². The van der Waals surface area contributed by atoms with E-state index in [9.17, 15) is 27.6 Å². The summed E-state index contributed by atoms with van der Waals surface area (Å²) in [6.45, 7) is 7.89. The Bertz CT molecular complexity index is 1240. The number of hydrogen-bond donors (Lipinski definition) is 1. The van der Waals surface area contributed by atoms with E-state index in [0.29, 0.717) is 25.3 Å². The predicted octanol–water partition coefficient (Wildman–Crippen LogP) is 5.29. The van der Waals surface area contributed by atoms with Crippen LogP contribution >= 0.6 is 0 Å². The number of nitrogens with one attached hydrogen (secondary N) is 2. The average Bonchev–Trinajstić information content (AvgIpc) is 2.91. The van der Waals surface area contributed by atoms with Crippen LogP contribution in [-0.4, -0.2) is 40.1 Å². The van der Waals surface area contributed by atoms with Gasteiger partial charge in [0, 0.05) is 13.0 Å². The summed E-state index contributed by atoms with van der Waals surface area (Å²) in [4.78, 5) is 38.0. The first-order valence-electron chi connectivity index (χ1n) is 14.9. The summed E-state index contributed by atoms with van der Waals surface area (Å²) in [6, 6.07) is 7.46. The normalized spacial score (nSPS) is 11.9. The van der Waals surface area contributed by atoms with E-state index < -0.39 is 35.4 Å². The zero-order chi connectivity index (χ0) is 31.2. The molecule has 0 fully saturated rings. The van der Waals surface area contributed by atoms with Crippen LogP contribution in [0.5, 0.6) is 5.75 Å². The molecule has 0 amide bonds. The number of unbranched alkanes of at least 4 members (excludes halogenated alkanes) is 5. The maximum absolute atomic E-state index is 13.0. The van der Waals surface area contributed by atoms with E-state index in [1.165, 1.54) is 4.68 Å². The minimum Gasteiger partial charge on any atom is -0.476 e. The molecule has 0 spiro atoms. The minimum atomic E-state index is -4.35. The van der Waals surface area contributed by atoms with Gasteiger partial charge in [0.1, 0.15) is 5.75 Å². The summed E-state index contributed by atoms with van der Waals surface area (Å²) >= 11 is 0. The Morgan fingerprint density at radius 3 is 2.40 bits per heavy atom. The van der Waals surface area contributed by atoms with Crippen LogP contribution in [0.3, 0.4) is 0 Å². The number of ether oxygens (including phenoxy) is 2. The molecule has 1 aromatic heterocycles. The van der Waals surface area contributed by atoms with Gasteiger partial charge in [0.2, 0.25) is 0 Å². The Hall–Kier alpha value is -3.31. The van der Waals surface area contributed by atoms with Crippen LogP contribution in [-0.2, 0) is 29.0 Å². The molecule has 2 N–H and O–H groups in total. The average molecular weight is 600 g/mol. The van der Waals surface area contributed by atoms with Gasteiger partial charge < -0.3 is 9.47 Å². The van der Waals surface area contributed by atoms with E-state index in [1.54, 1.807) is 26.8 Å². The molecular weight excluding hydrogens is 553 g/mol. The first-order chi connectivity index (χ1) is 19.9. The van der Waals surface area contributed by atoms with Gasteiger partial charge in [-0.3, -0.25) is 14.7 Å². The van der Waals surface area contributed by atoms with E-state index >= 15 is 0 Å². The molecule has 0 aliphatic carbocycles. The van der Waals surface area contributed by atoms with Gasteiger partial charge in [0.15, 0.2) is 5.60 Å². The second-order valence-corrected chi connectivity index (χ2v) is 10.9. The quantitative estimate of drug-likeness (QED) is 0.174. The van der Waals surface area contributed by atoms with Gasteiger partial charge >= 0.3 is 29.2 Å². The number of rotatable bonds is 19. The van der Waals surface area contributed by atoms with Crippen LogP contribution in [0, 0.1) is 0 Å². The van der Waals surface area contributed by atoms with Crippen LogP contribution < -0.4 is 26.4 Å². The third-order valence-electron chi connectivity index (χ3n) is 6.73. The number of alkyl halides is 3. The van der Waals surface area contributed by atoms with Gasteiger partial charge in [-0.05, 0) is 70.6 Å². The van der Waals surface area contributed by atoms with E-state index in [-0.39, 0.29) is 25.4 Å². The van der Waals surface area contributed by atoms with Crippen molar-refractivity contribution in [1.82, 2.24) is 9.25 Å². The molecule has 0 radical (unpaired) electrons. The number of H-pyrrole nitrogens is 1. The molecule has 0 saturated carbocycles. The smallest absolute Gasteiger partial charge is 0.389 e. The number of hydrogen-bond acceptors (Lipinski definition) is 6. The number of aromatic amines is 1. The monoisotopic (exact) mass is 599 g/mol. The molecule has 2 rings (SSSR count). The first kappa shape index (κ1) is 34.9. The molecule has 9 nitrogen and oxygen atoms in total. The maximum atomic E-state index is 13.0. The summed E-state index contributed by atoms with van der Waals surface area (Å²) in [5.41, 5.74) is -1.39. The largest absolute Gasteiger partial charge is 0.476 e. The van der Waals surface area contributed by atoms with Crippen molar-refractivity contribution in [3.63, 3.8) is 0 Å². The van der Waals surface area contributed by atoms with Crippen LogP contribution in [0.1, 0.15) is 91.0 Å². The van der Waals surface area contributed by atoms with Gasteiger partial charge in [-0.25, -0.2) is 9.59 Å². The van der Waals surface area contributed by atoms with Gasteiger partial charge in [0.05, 0.1) is 19.7 Å². The Kier molecular flexibility index (Phi) is 14.1. The van der Waals surface area contributed by atoms with E-state index in [0.717, 1.165) is 55.1 Å². The van der Waals surface area contributed by atoms with Crippen molar-refractivity contribution < 1.29 is 32.5 Å². The molecule has 0 saturated heterocycles. The second kappa shape index (κ2) is 17.0. The van der Waals surface area contributed by atoms with Crippen LogP contribution in [0.2, 0.25) is 0 Å². The molecule has 1 aromatic carbocycles. The van der Waals surface area contributed by atoms with Crippen molar-refractivity contribution in [3.8, 4) is 5.75 Å². The molecule has 0 bridgehead atoms. The molecule has 236 valence electrons. The molecule has 0 aliphatic rings.